The van der Waals surface area contributed by atoms with Gasteiger partial charge < -0.3 is 15.0 Å². The first-order valence-corrected chi connectivity index (χ1v) is 12.1. The number of carbonyl (C=O) groups is 2. The van der Waals surface area contributed by atoms with E-state index in [9.17, 15) is 9.59 Å². The van der Waals surface area contributed by atoms with Gasteiger partial charge in [-0.05, 0) is 74.6 Å². The first kappa shape index (κ1) is 26.0. The summed E-state index contributed by atoms with van der Waals surface area (Å²) < 4.78 is 5.89. The molecule has 5 nitrogen and oxygen atoms in total. The molecule has 0 spiro atoms. The number of nitrogens with zero attached hydrogens (tertiary/aromatic N) is 1. The van der Waals surface area contributed by atoms with Gasteiger partial charge in [0.25, 0.3) is 5.91 Å². The fourth-order valence-electron chi connectivity index (χ4n) is 3.94. The lowest BCUT2D eigenvalue weighted by Gasteiger charge is -2.32. The molecule has 0 heterocycles. The maximum Gasteiger partial charge on any atom is 0.261 e. The van der Waals surface area contributed by atoms with E-state index in [0.29, 0.717) is 18.7 Å². The van der Waals surface area contributed by atoms with Crippen molar-refractivity contribution >= 4 is 11.8 Å². The fraction of sp³-hybridized carbons (Fsp3) is 0.333. The van der Waals surface area contributed by atoms with Crippen LogP contribution in [-0.2, 0) is 22.6 Å². The van der Waals surface area contributed by atoms with E-state index in [4.69, 9.17) is 4.74 Å². The van der Waals surface area contributed by atoms with Gasteiger partial charge in [0, 0.05) is 19.0 Å². The first-order chi connectivity index (χ1) is 16.7. The molecule has 3 aromatic rings. The van der Waals surface area contributed by atoms with Gasteiger partial charge in [-0.15, -0.1) is 0 Å². The molecular formula is C30H36N2O3. The summed E-state index contributed by atoms with van der Waals surface area (Å²) >= 11 is 0. The summed E-state index contributed by atoms with van der Waals surface area (Å²) in [5, 5.41) is 3.01. The lowest BCUT2D eigenvalue weighted by Crippen LogP contribution is -2.52. The van der Waals surface area contributed by atoms with Crippen molar-refractivity contribution in [2.24, 2.45) is 0 Å². The molecule has 0 bridgehead atoms. The molecule has 0 saturated carbocycles. The molecule has 1 atom stereocenters. The van der Waals surface area contributed by atoms with E-state index < -0.39 is 6.04 Å². The smallest absolute Gasteiger partial charge is 0.261 e. The van der Waals surface area contributed by atoms with E-state index in [-0.39, 0.29) is 24.5 Å². The SMILES string of the molecule is Cc1ccc(OCC(=O)N(Cc2ccccc2C)[C@@H](Cc2ccccc2)C(=O)NC(C)C)cc1C. The van der Waals surface area contributed by atoms with E-state index in [1.54, 1.807) is 4.90 Å². The summed E-state index contributed by atoms with van der Waals surface area (Å²) in [6.45, 7) is 10.1. The fourth-order valence-corrected chi connectivity index (χ4v) is 3.94. The second kappa shape index (κ2) is 12.2. The minimum absolute atomic E-state index is 0.0389. The van der Waals surface area contributed by atoms with Gasteiger partial charge in [0.2, 0.25) is 5.91 Å². The molecule has 3 rings (SSSR count). The number of carbonyl (C=O) groups excluding carboxylic acids is 2. The van der Waals surface area contributed by atoms with Gasteiger partial charge >= 0.3 is 0 Å². The Morgan fingerprint density at radius 3 is 2.20 bits per heavy atom. The zero-order valence-corrected chi connectivity index (χ0v) is 21.4. The maximum absolute atomic E-state index is 13.6. The van der Waals surface area contributed by atoms with Gasteiger partial charge in [-0.1, -0.05) is 60.7 Å². The third kappa shape index (κ3) is 7.44. The highest BCUT2D eigenvalue weighted by Gasteiger charge is 2.31. The molecule has 0 aromatic heterocycles. The Kier molecular flexibility index (Phi) is 9.07. The van der Waals surface area contributed by atoms with Crippen molar-refractivity contribution in [3.8, 4) is 5.75 Å². The van der Waals surface area contributed by atoms with Crippen molar-refractivity contribution in [1.82, 2.24) is 10.2 Å². The highest BCUT2D eigenvalue weighted by Crippen LogP contribution is 2.19. The van der Waals surface area contributed by atoms with Crippen LogP contribution in [0.4, 0.5) is 0 Å². The molecule has 35 heavy (non-hydrogen) atoms. The van der Waals surface area contributed by atoms with Crippen LogP contribution in [0.5, 0.6) is 5.75 Å². The molecule has 2 amide bonds. The van der Waals surface area contributed by atoms with E-state index in [0.717, 1.165) is 27.8 Å². The predicted octanol–water partition coefficient (Wildman–Crippen LogP) is 5.16. The van der Waals surface area contributed by atoms with Crippen LogP contribution in [0.2, 0.25) is 0 Å². The molecule has 0 aliphatic rings. The van der Waals surface area contributed by atoms with E-state index in [1.165, 1.54) is 0 Å². The number of hydrogen-bond donors (Lipinski definition) is 1. The maximum atomic E-state index is 13.6. The Bertz CT molecular complexity index is 1140. The molecule has 0 radical (unpaired) electrons. The normalized spacial score (nSPS) is 11.7. The minimum atomic E-state index is -0.671. The van der Waals surface area contributed by atoms with Crippen molar-refractivity contribution in [2.75, 3.05) is 6.61 Å². The molecule has 5 heteroatoms. The number of amides is 2. The second-order valence-electron chi connectivity index (χ2n) is 9.35. The summed E-state index contributed by atoms with van der Waals surface area (Å²) in [4.78, 5) is 28.7. The van der Waals surface area contributed by atoms with Crippen LogP contribution in [0.1, 0.15) is 41.7 Å². The van der Waals surface area contributed by atoms with E-state index in [2.05, 4.69) is 5.32 Å². The standard InChI is InChI=1S/C30H36N2O3/c1-21(2)31-30(34)28(18-25-12-7-6-8-13-25)32(19-26-14-10-9-11-23(26)4)29(33)20-35-27-16-15-22(3)24(5)17-27/h6-17,21,28H,18-20H2,1-5H3,(H,31,34)/t28-/m0/s1. The van der Waals surface area contributed by atoms with Gasteiger partial charge in [-0.25, -0.2) is 0 Å². The minimum Gasteiger partial charge on any atom is -0.484 e. The van der Waals surface area contributed by atoms with Crippen LogP contribution >= 0.6 is 0 Å². The molecule has 184 valence electrons. The number of rotatable bonds is 10. The number of hydrogen-bond acceptors (Lipinski definition) is 3. The highest BCUT2D eigenvalue weighted by atomic mass is 16.5. The van der Waals surface area contributed by atoms with Crippen molar-refractivity contribution in [2.45, 2.75) is 59.7 Å². The molecule has 0 unspecified atom stereocenters. The Hall–Kier alpha value is -3.60. The van der Waals surface area contributed by atoms with Crippen LogP contribution in [0.25, 0.3) is 0 Å². The summed E-state index contributed by atoms with van der Waals surface area (Å²) in [6, 6.07) is 22.8. The van der Waals surface area contributed by atoms with Crippen LogP contribution in [0.3, 0.4) is 0 Å². The van der Waals surface area contributed by atoms with Crippen LogP contribution in [0, 0.1) is 20.8 Å². The summed E-state index contributed by atoms with van der Waals surface area (Å²) in [5.74, 6) is 0.242. The van der Waals surface area contributed by atoms with Gasteiger partial charge in [0.1, 0.15) is 11.8 Å². The molecule has 0 saturated heterocycles. The van der Waals surface area contributed by atoms with Crippen LogP contribution in [0.15, 0.2) is 72.8 Å². The predicted molar refractivity (Wildman–Crippen MR) is 140 cm³/mol. The Balaban J connectivity index is 1.92. The summed E-state index contributed by atoms with van der Waals surface area (Å²) in [5.41, 5.74) is 5.34. The molecule has 0 fully saturated rings. The van der Waals surface area contributed by atoms with Crippen molar-refractivity contribution in [3.63, 3.8) is 0 Å². The van der Waals surface area contributed by atoms with E-state index in [1.807, 2.05) is 107 Å². The summed E-state index contributed by atoms with van der Waals surface area (Å²) in [7, 11) is 0. The van der Waals surface area contributed by atoms with Crippen molar-refractivity contribution in [3.05, 3.63) is 101 Å². The third-order valence-electron chi connectivity index (χ3n) is 6.14. The summed E-state index contributed by atoms with van der Waals surface area (Å²) in [6.07, 6.45) is 0.417. The zero-order chi connectivity index (χ0) is 25.4. The third-order valence-corrected chi connectivity index (χ3v) is 6.14. The number of ether oxygens (including phenoxy) is 1. The van der Waals surface area contributed by atoms with Crippen molar-refractivity contribution < 1.29 is 14.3 Å². The molecular weight excluding hydrogens is 436 g/mol. The molecule has 3 aromatic carbocycles. The number of benzene rings is 3. The second-order valence-corrected chi connectivity index (χ2v) is 9.35. The quantitative estimate of drug-likeness (QED) is 0.444. The van der Waals surface area contributed by atoms with Crippen LogP contribution in [-0.4, -0.2) is 35.4 Å². The van der Waals surface area contributed by atoms with Gasteiger partial charge in [0.05, 0.1) is 0 Å². The number of aryl methyl sites for hydroxylation is 3. The average molecular weight is 473 g/mol. The largest absolute Gasteiger partial charge is 0.484 e. The lowest BCUT2D eigenvalue weighted by molar-refractivity contribution is -0.143. The van der Waals surface area contributed by atoms with Gasteiger partial charge in [0.15, 0.2) is 6.61 Å². The molecule has 1 N–H and O–H groups in total. The van der Waals surface area contributed by atoms with E-state index >= 15 is 0 Å². The Labute approximate surface area is 209 Å². The monoisotopic (exact) mass is 472 g/mol. The van der Waals surface area contributed by atoms with Gasteiger partial charge in [-0.3, -0.25) is 9.59 Å². The lowest BCUT2D eigenvalue weighted by atomic mass is 10.0. The van der Waals surface area contributed by atoms with Gasteiger partial charge in [-0.2, -0.15) is 0 Å². The molecule has 0 aliphatic heterocycles. The highest BCUT2D eigenvalue weighted by molar-refractivity contribution is 5.88. The zero-order valence-electron chi connectivity index (χ0n) is 21.4. The Morgan fingerprint density at radius 2 is 1.54 bits per heavy atom. The Morgan fingerprint density at radius 1 is 0.857 bits per heavy atom. The number of nitrogens with one attached hydrogen (secondary N) is 1. The molecule has 0 aliphatic carbocycles. The van der Waals surface area contributed by atoms with Crippen LogP contribution < -0.4 is 10.1 Å². The topological polar surface area (TPSA) is 58.6 Å². The average Bonchev–Trinajstić information content (AvgIpc) is 2.83. The first-order valence-electron chi connectivity index (χ1n) is 12.1. The van der Waals surface area contributed by atoms with Crippen molar-refractivity contribution in [1.29, 1.82) is 0 Å².